The number of hydrogen-bond acceptors (Lipinski definition) is 8. The second-order valence-corrected chi connectivity index (χ2v) is 13.6. The molecule has 0 spiro atoms. The summed E-state index contributed by atoms with van der Waals surface area (Å²) in [4.78, 5) is 7.77. The Hall–Kier alpha value is 1.87. The van der Waals surface area contributed by atoms with Crippen LogP contribution in [0.1, 0.15) is 115 Å². The molecule has 1 heterocycles. The van der Waals surface area contributed by atoms with E-state index in [0.29, 0.717) is 28.1 Å². The minimum Gasteiger partial charge on any atom is -0.748 e. The number of hydrogen-bond donors (Lipinski definition) is 1. The van der Waals surface area contributed by atoms with Crippen molar-refractivity contribution in [2.24, 2.45) is 0 Å². The van der Waals surface area contributed by atoms with Crippen LogP contribution in [0.4, 0.5) is 0 Å². The third-order valence-corrected chi connectivity index (χ3v) is 8.83. The number of nitrogens with one attached hydrogen (secondary N) is 1. The molecule has 0 fully saturated rings. The maximum atomic E-state index is 11.9. The van der Waals surface area contributed by atoms with Gasteiger partial charge in [0.25, 0.3) is 0 Å². The van der Waals surface area contributed by atoms with Crippen molar-refractivity contribution in [3.05, 3.63) is 23.5 Å². The SMILES string of the molecule is CCCCCCCCCCCCCCCC(=S)Cc1c(S(=O)(=O)[O-])ccc2[nH]c(CCCS(=O)(=O)[O-])nc12.[K+].[K+]. The van der Waals surface area contributed by atoms with Crippen LogP contribution in [0.3, 0.4) is 0 Å². The van der Waals surface area contributed by atoms with Gasteiger partial charge in [0, 0.05) is 24.2 Å². The van der Waals surface area contributed by atoms with Gasteiger partial charge in [0.15, 0.2) is 0 Å². The maximum absolute atomic E-state index is 11.9. The van der Waals surface area contributed by atoms with Crippen molar-refractivity contribution in [2.75, 3.05) is 5.75 Å². The first-order valence-electron chi connectivity index (χ1n) is 13.9. The average Bonchev–Trinajstić information content (AvgIpc) is 3.24. The van der Waals surface area contributed by atoms with Crippen molar-refractivity contribution in [1.29, 1.82) is 0 Å². The predicted molar refractivity (Wildman–Crippen MR) is 154 cm³/mol. The minimum absolute atomic E-state index is 0. The summed E-state index contributed by atoms with van der Waals surface area (Å²) >= 11 is 5.55. The fourth-order valence-corrected chi connectivity index (χ4v) is 6.22. The van der Waals surface area contributed by atoms with Crippen LogP contribution in [-0.4, -0.2) is 46.5 Å². The molecule has 0 aliphatic heterocycles. The quantitative estimate of drug-likeness (QED) is 0.0872. The van der Waals surface area contributed by atoms with E-state index in [1.165, 1.54) is 76.3 Å². The molecule has 1 N–H and O–H groups in total. The maximum Gasteiger partial charge on any atom is 1.00 e. The van der Waals surface area contributed by atoms with E-state index in [0.717, 1.165) is 19.3 Å². The fourth-order valence-electron chi connectivity index (χ4n) is 4.73. The molecule has 1 aromatic carbocycles. The van der Waals surface area contributed by atoms with Crippen molar-refractivity contribution >= 4 is 48.4 Å². The van der Waals surface area contributed by atoms with Crippen molar-refractivity contribution < 1.29 is 129 Å². The van der Waals surface area contributed by atoms with Gasteiger partial charge in [-0.05, 0) is 36.3 Å². The Balaban J connectivity index is 0.00000760. The molecule has 2 aromatic rings. The van der Waals surface area contributed by atoms with E-state index in [9.17, 15) is 25.9 Å². The first-order valence-corrected chi connectivity index (χ1v) is 17.3. The molecule has 0 unspecified atom stereocenters. The zero-order chi connectivity index (χ0) is 28.0. The fraction of sp³-hybridized carbons (Fsp3) is 0.704. The van der Waals surface area contributed by atoms with Crippen molar-refractivity contribution in [2.45, 2.75) is 121 Å². The summed E-state index contributed by atoms with van der Waals surface area (Å²) in [5, 5.41) is 0. The molecule has 2 rings (SSSR count). The van der Waals surface area contributed by atoms with Gasteiger partial charge in [-0.15, -0.1) is 0 Å². The number of imidazole rings is 1. The Morgan fingerprint density at radius 2 is 1.35 bits per heavy atom. The number of aromatic nitrogens is 2. The zero-order valence-electron chi connectivity index (χ0n) is 24.5. The molecule has 0 saturated carbocycles. The summed E-state index contributed by atoms with van der Waals surface area (Å²) in [6.45, 7) is 2.24. The zero-order valence-corrected chi connectivity index (χ0v) is 33.2. The molecular formula is C27H42K2N2O6S3. The third-order valence-electron chi connectivity index (χ3n) is 6.78. The van der Waals surface area contributed by atoms with Gasteiger partial charge in [0.05, 0.1) is 26.0 Å². The van der Waals surface area contributed by atoms with Crippen molar-refractivity contribution in [3.63, 3.8) is 0 Å². The Morgan fingerprint density at radius 1 is 0.825 bits per heavy atom. The number of unbranched alkanes of at least 4 members (excludes halogenated alkanes) is 12. The van der Waals surface area contributed by atoms with Gasteiger partial charge < -0.3 is 14.1 Å². The van der Waals surface area contributed by atoms with Gasteiger partial charge in [-0.2, -0.15) is 0 Å². The Morgan fingerprint density at radius 3 is 1.85 bits per heavy atom. The van der Waals surface area contributed by atoms with Crippen LogP contribution in [0.15, 0.2) is 17.0 Å². The van der Waals surface area contributed by atoms with Crippen LogP contribution in [0.5, 0.6) is 0 Å². The number of fused-ring (bicyclic) bond motifs is 1. The van der Waals surface area contributed by atoms with Gasteiger partial charge in [-0.1, -0.05) is 96.2 Å². The standard InChI is InChI=1S/C27H44N2O6S3.2K/c1-2-3-4-5-6-7-8-9-10-11-12-13-14-16-22(36)21-23-25(38(33,34)35)19-18-24-27(23)29-26(28-24)17-15-20-37(30,31)32;;/h18-19H,2-17,20-21H2,1H3,(H,28,29)(H,30,31,32)(H,33,34,35);;/q;2*+1/p-2. The second kappa shape index (κ2) is 22.4. The molecule has 0 aliphatic carbocycles. The molecule has 0 radical (unpaired) electrons. The molecule has 0 amide bonds. The summed E-state index contributed by atoms with van der Waals surface area (Å²) in [5.74, 6) is -0.0897. The number of aryl methyl sites for hydroxylation is 1. The van der Waals surface area contributed by atoms with Gasteiger partial charge >= 0.3 is 103 Å². The predicted octanol–water partition coefficient (Wildman–Crippen LogP) is 0.347. The number of H-pyrrole nitrogens is 1. The number of nitrogens with zero attached hydrogens (tertiary/aromatic N) is 1. The number of thiocarbonyl (C=S) groups is 1. The smallest absolute Gasteiger partial charge is 0.748 e. The molecule has 40 heavy (non-hydrogen) atoms. The average molecular weight is 665 g/mol. The van der Waals surface area contributed by atoms with Crippen molar-refractivity contribution in [1.82, 2.24) is 9.97 Å². The summed E-state index contributed by atoms with van der Waals surface area (Å²) in [6, 6.07) is 2.73. The van der Waals surface area contributed by atoms with Gasteiger partial charge in [-0.25, -0.2) is 21.8 Å². The van der Waals surface area contributed by atoms with E-state index in [1.54, 1.807) is 0 Å². The third kappa shape index (κ3) is 17.4. The van der Waals surface area contributed by atoms with E-state index in [-0.39, 0.29) is 132 Å². The Kier molecular flexibility index (Phi) is 23.4. The van der Waals surface area contributed by atoms with Gasteiger partial charge in [0.2, 0.25) is 0 Å². The van der Waals surface area contributed by atoms with E-state index in [1.807, 2.05) is 0 Å². The number of benzene rings is 1. The molecule has 216 valence electrons. The number of rotatable bonds is 21. The summed E-state index contributed by atoms with van der Waals surface area (Å²) < 4.78 is 68.3. The first-order chi connectivity index (χ1) is 18.0. The summed E-state index contributed by atoms with van der Waals surface area (Å²) in [5.41, 5.74) is 1.15. The van der Waals surface area contributed by atoms with Crippen LogP contribution < -0.4 is 103 Å². The van der Waals surface area contributed by atoms with Crippen LogP contribution in [-0.2, 0) is 33.1 Å². The topological polar surface area (TPSA) is 143 Å². The summed E-state index contributed by atoms with van der Waals surface area (Å²) in [7, 11) is -9.06. The normalized spacial score (nSPS) is 11.8. The molecule has 0 aliphatic rings. The molecular weight excluding hydrogens is 623 g/mol. The van der Waals surface area contributed by atoms with Crippen molar-refractivity contribution in [3.8, 4) is 0 Å². The summed E-state index contributed by atoms with van der Waals surface area (Å²) in [6.07, 6.45) is 17.4. The molecule has 1 aromatic heterocycles. The Labute approximate surface area is 331 Å². The first kappa shape index (κ1) is 41.9. The molecule has 8 nitrogen and oxygen atoms in total. The van der Waals surface area contributed by atoms with Gasteiger partial charge in [0.1, 0.15) is 15.9 Å². The van der Waals surface area contributed by atoms with E-state index in [2.05, 4.69) is 16.9 Å². The molecule has 0 saturated heterocycles. The monoisotopic (exact) mass is 664 g/mol. The molecule has 13 heteroatoms. The molecule has 0 atom stereocenters. The van der Waals surface area contributed by atoms with Crippen LogP contribution >= 0.6 is 12.2 Å². The van der Waals surface area contributed by atoms with E-state index >= 15 is 0 Å². The largest absolute Gasteiger partial charge is 1.00 e. The van der Waals surface area contributed by atoms with Crippen LogP contribution in [0, 0.1) is 0 Å². The van der Waals surface area contributed by atoms with Crippen LogP contribution in [0.25, 0.3) is 11.0 Å². The van der Waals surface area contributed by atoms with Gasteiger partial charge in [-0.3, -0.25) is 0 Å². The van der Waals surface area contributed by atoms with E-state index < -0.39 is 26.0 Å². The van der Waals surface area contributed by atoms with E-state index in [4.69, 9.17) is 12.2 Å². The number of aromatic amines is 1. The minimum atomic E-state index is -4.73. The second-order valence-electron chi connectivity index (χ2n) is 10.1. The molecule has 0 bridgehead atoms. The van der Waals surface area contributed by atoms with Crippen LogP contribution in [0.2, 0.25) is 0 Å². The Bertz CT molecular complexity index is 1230.